The highest BCUT2D eigenvalue weighted by molar-refractivity contribution is 6.42. The van der Waals surface area contributed by atoms with Crippen molar-refractivity contribution in [2.24, 2.45) is 5.92 Å². The average molecular weight is 553 g/mol. The predicted molar refractivity (Wildman–Crippen MR) is 154 cm³/mol. The first-order valence-electron chi connectivity index (χ1n) is 12.5. The molecule has 6 nitrogen and oxygen atoms in total. The quantitative estimate of drug-likeness (QED) is 0.231. The topological polar surface area (TPSA) is 64.4 Å². The fraction of sp³-hybridized carbons (Fsp3) is 0.300. The Hall–Kier alpha value is -3.35. The number of rotatable bonds is 8. The van der Waals surface area contributed by atoms with Gasteiger partial charge in [0.15, 0.2) is 0 Å². The molecule has 0 fully saturated rings. The number of benzene rings is 3. The number of carbonyl (C=O) groups is 1. The zero-order valence-electron chi connectivity index (χ0n) is 22.2. The molecule has 1 aromatic heterocycles. The molecule has 0 N–H and O–H groups in total. The molecule has 4 rings (SSSR count). The molecule has 3 aromatic carbocycles. The summed E-state index contributed by atoms with van der Waals surface area (Å²) in [5.41, 5.74) is 2.28. The van der Waals surface area contributed by atoms with Gasteiger partial charge in [-0.05, 0) is 74.2 Å². The van der Waals surface area contributed by atoms with Crippen LogP contribution in [0.2, 0.25) is 10.0 Å². The van der Waals surface area contributed by atoms with E-state index in [1.807, 2.05) is 50.2 Å². The molecule has 0 spiro atoms. The highest BCUT2D eigenvalue weighted by Gasteiger charge is 2.29. The third-order valence-corrected chi connectivity index (χ3v) is 7.33. The number of para-hydroxylation sites is 1. The van der Waals surface area contributed by atoms with Crippen molar-refractivity contribution in [3.8, 4) is 11.4 Å². The molecule has 1 unspecified atom stereocenters. The number of aromatic nitrogens is 2. The molecule has 0 bridgehead atoms. The van der Waals surface area contributed by atoms with E-state index in [1.165, 1.54) is 0 Å². The zero-order chi connectivity index (χ0) is 27.6. The summed E-state index contributed by atoms with van der Waals surface area (Å²) >= 11 is 12.4. The zero-order valence-corrected chi connectivity index (χ0v) is 23.7. The van der Waals surface area contributed by atoms with Crippen LogP contribution < -0.4 is 10.3 Å². The summed E-state index contributed by atoms with van der Waals surface area (Å²) in [5.74, 6) is 1.11. The lowest BCUT2D eigenvalue weighted by atomic mass is 10.1. The molecule has 1 atom stereocenters. The number of carbonyl (C=O) groups excluding carboxylic acids is 1. The minimum absolute atomic E-state index is 0.220. The van der Waals surface area contributed by atoms with E-state index in [-0.39, 0.29) is 11.5 Å². The highest BCUT2D eigenvalue weighted by atomic mass is 35.5. The smallest absolute Gasteiger partial charge is 0.266 e. The number of halogens is 2. The van der Waals surface area contributed by atoms with E-state index in [4.69, 9.17) is 32.9 Å². The highest BCUT2D eigenvalue weighted by Crippen LogP contribution is 2.31. The van der Waals surface area contributed by atoms with Gasteiger partial charge in [-0.15, -0.1) is 0 Å². The number of hydrogen-bond acceptors (Lipinski definition) is 4. The van der Waals surface area contributed by atoms with Crippen LogP contribution in [0.3, 0.4) is 0 Å². The van der Waals surface area contributed by atoms with Gasteiger partial charge >= 0.3 is 0 Å². The number of ether oxygens (including phenoxy) is 1. The second-order valence-electron chi connectivity index (χ2n) is 9.79. The summed E-state index contributed by atoms with van der Waals surface area (Å²) in [6.45, 7) is 8.52. The van der Waals surface area contributed by atoms with Gasteiger partial charge in [-0.25, -0.2) is 4.98 Å². The Morgan fingerprint density at radius 3 is 2.45 bits per heavy atom. The molecular weight excluding hydrogens is 521 g/mol. The first-order chi connectivity index (χ1) is 18.1. The Bertz CT molecular complexity index is 1550. The van der Waals surface area contributed by atoms with E-state index >= 15 is 0 Å². The molecular formula is C30H31Cl2N3O3. The van der Waals surface area contributed by atoms with Crippen molar-refractivity contribution in [1.82, 2.24) is 14.5 Å². The largest absolute Gasteiger partial charge is 0.495 e. The van der Waals surface area contributed by atoms with Gasteiger partial charge in [0, 0.05) is 12.1 Å². The molecule has 8 heteroatoms. The lowest BCUT2D eigenvalue weighted by molar-refractivity contribution is 0.0671. The summed E-state index contributed by atoms with van der Waals surface area (Å²) < 4.78 is 7.21. The van der Waals surface area contributed by atoms with Crippen molar-refractivity contribution in [3.05, 3.63) is 98.0 Å². The van der Waals surface area contributed by atoms with Crippen LogP contribution >= 0.6 is 23.2 Å². The Morgan fingerprint density at radius 2 is 1.76 bits per heavy atom. The minimum Gasteiger partial charge on any atom is -0.495 e. The molecule has 1 heterocycles. The normalized spacial score (nSPS) is 12.1. The summed E-state index contributed by atoms with van der Waals surface area (Å²) in [4.78, 5) is 34.6. The third kappa shape index (κ3) is 5.57. The molecule has 198 valence electrons. The molecule has 0 saturated heterocycles. The van der Waals surface area contributed by atoms with Gasteiger partial charge in [-0.1, -0.05) is 55.2 Å². The van der Waals surface area contributed by atoms with Gasteiger partial charge < -0.3 is 9.64 Å². The van der Waals surface area contributed by atoms with E-state index in [1.54, 1.807) is 40.8 Å². The van der Waals surface area contributed by atoms with Crippen LogP contribution in [-0.2, 0) is 0 Å². The summed E-state index contributed by atoms with van der Waals surface area (Å²) in [7, 11) is 1.57. The first-order valence-corrected chi connectivity index (χ1v) is 13.3. The molecule has 0 aliphatic heterocycles. The van der Waals surface area contributed by atoms with E-state index in [0.717, 1.165) is 12.0 Å². The monoisotopic (exact) mass is 551 g/mol. The second kappa shape index (κ2) is 11.6. The van der Waals surface area contributed by atoms with Crippen LogP contribution in [0.4, 0.5) is 0 Å². The van der Waals surface area contributed by atoms with Gasteiger partial charge in [0.2, 0.25) is 0 Å². The molecule has 4 aromatic rings. The van der Waals surface area contributed by atoms with Crippen LogP contribution in [0.15, 0.2) is 65.5 Å². The maximum absolute atomic E-state index is 14.0. The predicted octanol–water partition coefficient (Wildman–Crippen LogP) is 7.26. The van der Waals surface area contributed by atoms with Gasteiger partial charge in [-0.3, -0.25) is 14.2 Å². The van der Waals surface area contributed by atoms with E-state index in [2.05, 4.69) is 13.8 Å². The average Bonchev–Trinajstić information content (AvgIpc) is 2.89. The number of hydrogen-bond donors (Lipinski definition) is 0. The van der Waals surface area contributed by atoms with Gasteiger partial charge in [-0.2, -0.15) is 0 Å². The van der Waals surface area contributed by atoms with Crippen molar-refractivity contribution >= 4 is 40.0 Å². The van der Waals surface area contributed by atoms with Crippen LogP contribution in [-0.4, -0.2) is 34.0 Å². The SMILES string of the molecule is COc1ccc(C)cc1-n1c(C(C)N(CCC(C)C)C(=O)c2ccc(Cl)c(Cl)c2)nc2ccccc2c1=O. The maximum atomic E-state index is 14.0. The first kappa shape index (κ1) is 27.7. The van der Waals surface area contributed by atoms with E-state index < -0.39 is 6.04 Å². The van der Waals surface area contributed by atoms with Crippen LogP contribution in [0.5, 0.6) is 5.75 Å². The van der Waals surface area contributed by atoms with Crippen LogP contribution in [0.1, 0.15) is 55.0 Å². The lowest BCUT2D eigenvalue weighted by Crippen LogP contribution is -2.38. The summed E-state index contributed by atoms with van der Waals surface area (Å²) in [6, 6.07) is 17.2. The molecule has 0 radical (unpaired) electrons. The van der Waals surface area contributed by atoms with Crippen molar-refractivity contribution in [3.63, 3.8) is 0 Å². The Kier molecular flexibility index (Phi) is 8.44. The number of fused-ring (bicyclic) bond motifs is 1. The number of methoxy groups -OCH3 is 1. The molecule has 0 aliphatic carbocycles. The van der Waals surface area contributed by atoms with Gasteiger partial charge in [0.05, 0.1) is 39.8 Å². The fourth-order valence-electron chi connectivity index (χ4n) is 4.44. The Balaban J connectivity index is 1.95. The van der Waals surface area contributed by atoms with Crippen molar-refractivity contribution < 1.29 is 9.53 Å². The second-order valence-corrected chi connectivity index (χ2v) is 10.6. The lowest BCUT2D eigenvalue weighted by Gasteiger charge is -2.31. The van der Waals surface area contributed by atoms with Gasteiger partial charge in [0.1, 0.15) is 11.6 Å². The molecule has 0 aliphatic rings. The number of amides is 1. The van der Waals surface area contributed by atoms with E-state index in [9.17, 15) is 9.59 Å². The van der Waals surface area contributed by atoms with Crippen LogP contribution in [0, 0.1) is 12.8 Å². The fourth-order valence-corrected chi connectivity index (χ4v) is 4.74. The Morgan fingerprint density at radius 1 is 1.03 bits per heavy atom. The van der Waals surface area contributed by atoms with Crippen molar-refractivity contribution in [2.45, 2.75) is 40.2 Å². The molecule has 0 saturated carbocycles. The summed E-state index contributed by atoms with van der Waals surface area (Å²) in [6.07, 6.45) is 0.767. The van der Waals surface area contributed by atoms with Crippen molar-refractivity contribution in [1.29, 1.82) is 0 Å². The maximum Gasteiger partial charge on any atom is 0.266 e. The minimum atomic E-state index is -0.557. The van der Waals surface area contributed by atoms with Crippen LogP contribution in [0.25, 0.3) is 16.6 Å². The summed E-state index contributed by atoms with van der Waals surface area (Å²) in [5, 5.41) is 1.16. The van der Waals surface area contributed by atoms with E-state index in [0.29, 0.717) is 56.2 Å². The van der Waals surface area contributed by atoms with Gasteiger partial charge in [0.25, 0.3) is 11.5 Å². The number of aryl methyl sites for hydroxylation is 1. The standard InChI is InChI=1S/C30H31Cl2N3O3/c1-18(2)14-15-34(29(36)21-11-12-23(31)24(32)17-21)20(4)28-33-25-9-7-6-8-22(25)30(37)35(28)26-16-19(3)10-13-27(26)38-5/h6-13,16-18,20H,14-15H2,1-5H3. The van der Waals surface area contributed by atoms with Crippen molar-refractivity contribution in [2.75, 3.05) is 13.7 Å². The third-order valence-electron chi connectivity index (χ3n) is 6.59. The number of nitrogens with zero attached hydrogens (tertiary/aromatic N) is 3. The molecule has 38 heavy (non-hydrogen) atoms. The molecule has 1 amide bonds. The Labute approximate surface area is 232 Å².